The summed E-state index contributed by atoms with van der Waals surface area (Å²) in [6, 6.07) is 10.7. The fourth-order valence-corrected chi connectivity index (χ4v) is 3.11. The summed E-state index contributed by atoms with van der Waals surface area (Å²) in [5, 5.41) is 0. The molecule has 0 fully saturated rings. The highest BCUT2D eigenvalue weighted by Crippen LogP contribution is 2.17. The predicted octanol–water partition coefficient (Wildman–Crippen LogP) is 2.89. The van der Waals surface area contributed by atoms with Crippen molar-refractivity contribution in [1.29, 1.82) is 0 Å². The quantitative estimate of drug-likeness (QED) is 0.741. The molecule has 0 amide bonds. The van der Waals surface area contributed by atoms with Gasteiger partial charge in [0.25, 0.3) is 0 Å². The normalized spacial score (nSPS) is 11.3. The Kier molecular flexibility index (Phi) is 6.16. The molecule has 130 valence electrons. The van der Waals surface area contributed by atoms with Crippen molar-refractivity contribution >= 4 is 10.0 Å². The van der Waals surface area contributed by atoms with Gasteiger partial charge in [-0.1, -0.05) is 0 Å². The Labute approximate surface area is 141 Å². The largest absolute Gasteiger partial charge is 0.494 e. The topological polar surface area (TPSA) is 64.6 Å². The van der Waals surface area contributed by atoms with E-state index in [0.29, 0.717) is 12.4 Å². The molecule has 2 aromatic rings. The van der Waals surface area contributed by atoms with Crippen molar-refractivity contribution in [1.82, 2.24) is 4.72 Å². The van der Waals surface area contributed by atoms with Crippen LogP contribution in [0.15, 0.2) is 47.4 Å². The van der Waals surface area contributed by atoms with Crippen LogP contribution in [0.25, 0.3) is 0 Å². The Morgan fingerprint density at radius 3 is 2.25 bits per heavy atom. The van der Waals surface area contributed by atoms with Crippen LogP contribution in [0.2, 0.25) is 0 Å². The van der Waals surface area contributed by atoms with Crippen molar-refractivity contribution in [3.05, 3.63) is 53.8 Å². The standard InChI is InChI=1S/C17H20FNO4S/c1-3-22-14-4-6-15(7-5-14)23-11-10-19-24(20,21)16-8-9-17(18)13(2)12-16/h4-9,12,19H,3,10-11H2,1-2H3. The van der Waals surface area contributed by atoms with Gasteiger partial charge in [0.2, 0.25) is 10.0 Å². The molecule has 0 aliphatic heterocycles. The first-order valence-electron chi connectivity index (χ1n) is 7.54. The first-order valence-corrected chi connectivity index (χ1v) is 9.02. The highest BCUT2D eigenvalue weighted by Gasteiger charge is 2.14. The molecule has 2 rings (SSSR count). The Balaban J connectivity index is 1.85. The number of benzene rings is 2. The lowest BCUT2D eigenvalue weighted by atomic mass is 10.2. The first kappa shape index (κ1) is 18.2. The number of hydrogen-bond acceptors (Lipinski definition) is 4. The molecule has 0 saturated carbocycles. The van der Waals surface area contributed by atoms with Gasteiger partial charge >= 0.3 is 0 Å². The van der Waals surface area contributed by atoms with Gasteiger partial charge in [0.05, 0.1) is 11.5 Å². The molecule has 1 N–H and O–H groups in total. The van der Waals surface area contributed by atoms with Crippen LogP contribution in [0.4, 0.5) is 4.39 Å². The van der Waals surface area contributed by atoms with Gasteiger partial charge in [-0.2, -0.15) is 0 Å². The number of rotatable bonds is 8. The van der Waals surface area contributed by atoms with Crippen LogP contribution in [-0.2, 0) is 10.0 Å². The van der Waals surface area contributed by atoms with Gasteiger partial charge < -0.3 is 9.47 Å². The molecule has 0 aromatic heterocycles. The second-order valence-electron chi connectivity index (χ2n) is 5.06. The predicted molar refractivity (Wildman–Crippen MR) is 89.4 cm³/mol. The van der Waals surface area contributed by atoms with E-state index in [1.165, 1.54) is 19.1 Å². The molecule has 0 aliphatic rings. The molecule has 0 bridgehead atoms. The van der Waals surface area contributed by atoms with Crippen LogP contribution in [0.3, 0.4) is 0 Å². The maximum absolute atomic E-state index is 13.2. The number of ether oxygens (including phenoxy) is 2. The lowest BCUT2D eigenvalue weighted by Crippen LogP contribution is -2.28. The van der Waals surface area contributed by atoms with E-state index >= 15 is 0 Å². The van der Waals surface area contributed by atoms with Crippen molar-refractivity contribution in [3.8, 4) is 11.5 Å². The van der Waals surface area contributed by atoms with E-state index in [1.54, 1.807) is 24.3 Å². The zero-order valence-electron chi connectivity index (χ0n) is 13.6. The Morgan fingerprint density at radius 2 is 1.67 bits per heavy atom. The number of sulfonamides is 1. The molecule has 0 atom stereocenters. The van der Waals surface area contributed by atoms with Crippen molar-refractivity contribution < 1.29 is 22.3 Å². The van der Waals surface area contributed by atoms with Gasteiger partial charge in [-0.3, -0.25) is 0 Å². The summed E-state index contributed by atoms with van der Waals surface area (Å²) in [6.07, 6.45) is 0. The molecule has 0 unspecified atom stereocenters. The zero-order chi connectivity index (χ0) is 17.6. The zero-order valence-corrected chi connectivity index (χ0v) is 14.4. The highest BCUT2D eigenvalue weighted by atomic mass is 32.2. The van der Waals surface area contributed by atoms with E-state index in [2.05, 4.69) is 4.72 Å². The van der Waals surface area contributed by atoms with Crippen molar-refractivity contribution in [2.75, 3.05) is 19.8 Å². The van der Waals surface area contributed by atoms with Gasteiger partial charge in [0.1, 0.15) is 23.9 Å². The third kappa shape index (κ3) is 4.94. The number of aryl methyl sites for hydroxylation is 1. The van der Waals surface area contributed by atoms with Crippen LogP contribution in [0.5, 0.6) is 11.5 Å². The minimum Gasteiger partial charge on any atom is -0.494 e. The smallest absolute Gasteiger partial charge is 0.240 e. The van der Waals surface area contributed by atoms with Crippen LogP contribution >= 0.6 is 0 Å². The lowest BCUT2D eigenvalue weighted by Gasteiger charge is -2.10. The highest BCUT2D eigenvalue weighted by molar-refractivity contribution is 7.89. The van der Waals surface area contributed by atoms with Gasteiger partial charge in [-0.05, 0) is 61.9 Å². The van der Waals surface area contributed by atoms with E-state index in [0.717, 1.165) is 11.8 Å². The molecule has 0 saturated heterocycles. The van der Waals surface area contributed by atoms with Gasteiger partial charge in [0, 0.05) is 6.54 Å². The van der Waals surface area contributed by atoms with E-state index in [4.69, 9.17) is 9.47 Å². The third-order valence-corrected chi connectivity index (χ3v) is 4.70. The van der Waals surface area contributed by atoms with E-state index < -0.39 is 15.8 Å². The van der Waals surface area contributed by atoms with E-state index in [-0.39, 0.29) is 23.6 Å². The molecule has 0 spiro atoms. The summed E-state index contributed by atoms with van der Waals surface area (Å²) < 4.78 is 50.7. The van der Waals surface area contributed by atoms with Crippen molar-refractivity contribution in [2.45, 2.75) is 18.7 Å². The summed E-state index contributed by atoms with van der Waals surface area (Å²) in [7, 11) is -3.68. The minimum atomic E-state index is -3.68. The minimum absolute atomic E-state index is 0.0301. The molecule has 5 nitrogen and oxygen atoms in total. The SMILES string of the molecule is CCOc1ccc(OCCNS(=O)(=O)c2ccc(F)c(C)c2)cc1. The monoisotopic (exact) mass is 353 g/mol. The molecule has 0 radical (unpaired) electrons. The molecular weight excluding hydrogens is 333 g/mol. The van der Waals surface area contributed by atoms with Gasteiger partial charge in [-0.15, -0.1) is 0 Å². The van der Waals surface area contributed by atoms with Crippen LogP contribution < -0.4 is 14.2 Å². The summed E-state index contributed by atoms with van der Waals surface area (Å²) >= 11 is 0. The van der Waals surface area contributed by atoms with E-state index in [9.17, 15) is 12.8 Å². The fraction of sp³-hybridized carbons (Fsp3) is 0.294. The van der Waals surface area contributed by atoms with Crippen LogP contribution in [0.1, 0.15) is 12.5 Å². The lowest BCUT2D eigenvalue weighted by molar-refractivity contribution is 0.319. The second kappa shape index (κ2) is 8.12. The van der Waals surface area contributed by atoms with Crippen molar-refractivity contribution in [3.63, 3.8) is 0 Å². The summed E-state index contributed by atoms with van der Waals surface area (Å²) in [5.74, 6) is 0.931. The average molecular weight is 353 g/mol. The maximum Gasteiger partial charge on any atom is 0.240 e. The maximum atomic E-state index is 13.2. The molecule has 7 heteroatoms. The van der Waals surface area contributed by atoms with Crippen LogP contribution in [-0.4, -0.2) is 28.2 Å². The average Bonchev–Trinajstić information content (AvgIpc) is 2.56. The number of halogens is 1. The summed E-state index contributed by atoms with van der Waals surface area (Å²) in [6.45, 7) is 4.28. The molecular formula is C17H20FNO4S. The molecule has 0 heterocycles. The summed E-state index contributed by atoms with van der Waals surface area (Å²) in [4.78, 5) is 0.0301. The Morgan fingerprint density at radius 1 is 1.04 bits per heavy atom. The third-order valence-electron chi connectivity index (χ3n) is 3.24. The second-order valence-corrected chi connectivity index (χ2v) is 6.83. The first-order chi connectivity index (χ1) is 11.4. The Bertz CT molecular complexity index is 776. The van der Waals surface area contributed by atoms with Crippen LogP contribution in [0, 0.1) is 12.7 Å². The Hall–Kier alpha value is -2.12. The van der Waals surface area contributed by atoms with E-state index in [1.807, 2.05) is 6.92 Å². The fourth-order valence-electron chi connectivity index (χ4n) is 2.01. The summed E-state index contributed by atoms with van der Waals surface area (Å²) in [5.41, 5.74) is 0.281. The van der Waals surface area contributed by atoms with Crippen molar-refractivity contribution in [2.24, 2.45) is 0 Å². The molecule has 24 heavy (non-hydrogen) atoms. The number of nitrogens with one attached hydrogen (secondary N) is 1. The van der Waals surface area contributed by atoms with Gasteiger partial charge in [0.15, 0.2) is 0 Å². The van der Waals surface area contributed by atoms with Gasteiger partial charge in [-0.25, -0.2) is 17.5 Å². The molecule has 0 aliphatic carbocycles. The molecule has 2 aromatic carbocycles. The number of hydrogen-bond donors (Lipinski definition) is 1.